The lowest BCUT2D eigenvalue weighted by molar-refractivity contribution is -0.124. The fourth-order valence-corrected chi connectivity index (χ4v) is 4.36. The van der Waals surface area contributed by atoms with E-state index in [4.69, 9.17) is 10.7 Å². The first-order chi connectivity index (χ1) is 12.5. The van der Waals surface area contributed by atoms with Crippen molar-refractivity contribution < 1.29 is 4.79 Å². The van der Waals surface area contributed by atoms with Crippen LogP contribution in [0.4, 0.5) is 0 Å². The minimum absolute atomic E-state index is 0.0137. The van der Waals surface area contributed by atoms with Gasteiger partial charge in [0.25, 0.3) is 0 Å². The minimum atomic E-state index is -0.129. The van der Waals surface area contributed by atoms with E-state index in [9.17, 15) is 4.79 Å². The number of nitrogens with two attached hydrogens (primary N) is 1. The number of benzene rings is 1. The first-order valence-corrected chi connectivity index (χ1v) is 9.92. The predicted octanol–water partition coefficient (Wildman–Crippen LogP) is 4.09. The highest BCUT2D eigenvalue weighted by Gasteiger charge is 2.33. The summed E-state index contributed by atoms with van der Waals surface area (Å²) in [5, 5.41) is 3.18. The van der Waals surface area contributed by atoms with Crippen LogP contribution in [-0.4, -0.2) is 22.0 Å². The van der Waals surface area contributed by atoms with Gasteiger partial charge in [-0.3, -0.25) is 4.79 Å². The van der Waals surface area contributed by atoms with Gasteiger partial charge in [-0.25, -0.2) is 4.98 Å². The van der Waals surface area contributed by atoms with E-state index < -0.39 is 0 Å². The Kier molecular flexibility index (Phi) is 5.66. The summed E-state index contributed by atoms with van der Waals surface area (Å²) in [5.74, 6) is 1.01. The topological polar surface area (TPSA) is 72.9 Å². The summed E-state index contributed by atoms with van der Waals surface area (Å²) < 4.78 is 2.22. The maximum Gasteiger partial charge on any atom is 0.221 e. The standard InChI is InChI=1S/C21H32N4O/c1-15(2)25-18-10-6-5-9-17(18)24-20(25)16(3)23-19(26)13-21(14-22)11-7-4-8-12-21/h5-6,9-10,15-16H,4,7-8,11-14,22H2,1-3H3,(H,23,26). The zero-order chi connectivity index (χ0) is 18.7. The third-order valence-electron chi connectivity index (χ3n) is 5.79. The molecule has 1 aliphatic rings. The Bertz CT molecular complexity index is 758. The van der Waals surface area contributed by atoms with Crippen molar-refractivity contribution in [3.8, 4) is 0 Å². The van der Waals surface area contributed by atoms with Crippen LogP contribution in [0, 0.1) is 5.41 Å². The molecular weight excluding hydrogens is 324 g/mol. The van der Waals surface area contributed by atoms with E-state index >= 15 is 0 Å². The van der Waals surface area contributed by atoms with E-state index in [1.165, 1.54) is 19.3 Å². The lowest BCUT2D eigenvalue weighted by Gasteiger charge is -2.36. The van der Waals surface area contributed by atoms with E-state index in [1.54, 1.807) is 0 Å². The molecule has 3 rings (SSSR count). The summed E-state index contributed by atoms with van der Waals surface area (Å²) in [4.78, 5) is 17.5. The number of fused-ring (bicyclic) bond motifs is 1. The molecule has 2 aromatic rings. The molecule has 1 heterocycles. The van der Waals surface area contributed by atoms with Gasteiger partial charge in [0.15, 0.2) is 0 Å². The molecule has 1 fully saturated rings. The van der Waals surface area contributed by atoms with Gasteiger partial charge in [0.05, 0.1) is 17.1 Å². The molecule has 0 spiro atoms. The van der Waals surface area contributed by atoms with Crippen molar-refractivity contribution in [2.45, 2.75) is 71.4 Å². The molecule has 5 nitrogen and oxygen atoms in total. The molecule has 0 aliphatic heterocycles. The van der Waals surface area contributed by atoms with Gasteiger partial charge in [0.1, 0.15) is 5.82 Å². The summed E-state index contributed by atoms with van der Waals surface area (Å²) in [5.41, 5.74) is 8.12. The smallest absolute Gasteiger partial charge is 0.221 e. The molecule has 1 atom stereocenters. The maximum absolute atomic E-state index is 12.8. The van der Waals surface area contributed by atoms with Gasteiger partial charge in [-0.05, 0) is 57.7 Å². The van der Waals surface area contributed by atoms with Crippen molar-refractivity contribution in [1.29, 1.82) is 0 Å². The third-order valence-corrected chi connectivity index (χ3v) is 5.79. The number of nitrogens with zero attached hydrogens (tertiary/aromatic N) is 2. The zero-order valence-corrected chi connectivity index (χ0v) is 16.3. The summed E-state index contributed by atoms with van der Waals surface area (Å²) in [6, 6.07) is 8.30. The first kappa shape index (κ1) is 18.9. The van der Waals surface area contributed by atoms with E-state index in [1.807, 2.05) is 25.1 Å². The number of carbonyl (C=O) groups is 1. The second-order valence-electron chi connectivity index (χ2n) is 8.15. The van der Waals surface area contributed by atoms with Gasteiger partial charge in [-0.1, -0.05) is 31.4 Å². The molecule has 0 radical (unpaired) electrons. The molecule has 1 amide bonds. The second-order valence-corrected chi connectivity index (χ2v) is 8.15. The SMILES string of the molecule is CC(NC(=O)CC1(CN)CCCCC1)c1nc2ccccc2n1C(C)C. The van der Waals surface area contributed by atoms with Gasteiger partial charge in [-0.2, -0.15) is 0 Å². The van der Waals surface area contributed by atoms with Gasteiger partial charge in [0, 0.05) is 12.5 Å². The van der Waals surface area contributed by atoms with Gasteiger partial charge < -0.3 is 15.6 Å². The molecular formula is C21H32N4O. The van der Waals surface area contributed by atoms with Crippen molar-refractivity contribution >= 4 is 16.9 Å². The Balaban J connectivity index is 1.77. The van der Waals surface area contributed by atoms with Crippen molar-refractivity contribution in [2.75, 3.05) is 6.54 Å². The number of rotatable bonds is 6. The average molecular weight is 357 g/mol. The van der Waals surface area contributed by atoms with Crippen LogP contribution >= 0.6 is 0 Å². The van der Waals surface area contributed by atoms with Crippen LogP contribution in [-0.2, 0) is 4.79 Å². The van der Waals surface area contributed by atoms with E-state index in [0.29, 0.717) is 13.0 Å². The molecule has 142 valence electrons. The Morgan fingerprint density at radius 2 is 1.92 bits per heavy atom. The van der Waals surface area contributed by atoms with E-state index in [0.717, 1.165) is 29.7 Å². The maximum atomic E-state index is 12.8. The molecule has 1 aromatic carbocycles. The number of aromatic nitrogens is 2. The summed E-state index contributed by atoms with van der Waals surface area (Å²) >= 11 is 0. The number of nitrogens with one attached hydrogen (secondary N) is 1. The zero-order valence-electron chi connectivity index (χ0n) is 16.3. The van der Waals surface area contributed by atoms with Crippen molar-refractivity contribution in [1.82, 2.24) is 14.9 Å². The van der Waals surface area contributed by atoms with Crippen LogP contribution in [0.3, 0.4) is 0 Å². The van der Waals surface area contributed by atoms with Crippen LogP contribution in [0.15, 0.2) is 24.3 Å². The minimum Gasteiger partial charge on any atom is -0.346 e. The van der Waals surface area contributed by atoms with Crippen molar-refractivity contribution in [3.05, 3.63) is 30.1 Å². The molecule has 1 aliphatic carbocycles. The van der Waals surface area contributed by atoms with Crippen LogP contribution in [0.5, 0.6) is 0 Å². The number of imidazole rings is 1. The Morgan fingerprint density at radius 1 is 1.23 bits per heavy atom. The normalized spacial score (nSPS) is 18.2. The van der Waals surface area contributed by atoms with Gasteiger partial charge >= 0.3 is 0 Å². The number of hydrogen-bond donors (Lipinski definition) is 2. The van der Waals surface area contributed by atoms with E-state index in [-0.39, 0.29) is 23.4 Å². The Morgan fingerprint density at radius 3 is 2.58 bits per heavy atom. The first-order valence-electron chi connectivity index (χ1n) is 9.92. The Hall–Kier alpha value is -1.88. The number of para-hydroxylation sites is 2. The van der Waals surface area contributed by atoms with Crippen molar-refractivity contribution in [3.63, 3.8) is 0 Å². The molecule has 0 bridgehead atoms. The molecule has 5 heteroatoms. The van der Waals surface area contributed by atoms with Crippen LogP contribution in [0.1, 0.15) is 77.2 Å². The summed E-state index contributed by atoms with van der Waals surface area (Å²) in [6.45, 7) is 6.92. The molecule has 1 saturated carbocycles. The highest BCUT2D eigenvalue weighted by Crippen LogP contribution is 2.38. The van der Waals surface area contributed by atoms with Crippen LogP contribution in [0.25, 0.3) is 11.0 Å². The third kappa shape index (κ3) is 3.78. The summed E-state index contributed by atoms with van der Waals surface area (Å²) in [6.07, 6.45) is 6.28. The van der Waals surface area contributed by atoms with Crippen LogP contribution in [0.2, 0.25) is 0 Å². The summed E-state index contributed by atoms with van der Waals surface area (Å²) in [7, 11) is 0. The molecule has 3 N–H and O–H groups in total. The number of carbonyl (C=O) groups excluding carboxylic acids is 1. The average Bonchev–Trinajstić information content (AvgIpc) is 3.02. The van der Waals surface area contributed by atoms with Crippen LogP contribution < -0.4 is 11.1 Å². The van der Waals surface area contributed by atoms with Gasteiger partial charge in [0.2, 0.25) is 5.91 Å². The molecule has 1 unspecified atom stereocenters. The largest absolute Gasteiger partial charge is 0.346 e. The lowest BCUT2D eigenvalue weighted by atomic mass is 9.71. The quantitative estimate of drug-likeness (QED) is 0.818. The van der Waals surface area contributed by atoms with E-state index in [2.05, 4.69) is 29.8 Å². The predicted molar refractivity (Wildman–Crippen MR) is 106 cm³/mol. The van der Waals surface area contributed by atoms with Gasteiger partial charge in [-0.15, -0.1) is 0 Å². The second kappa shape index (κ2) is 7.78. The Labute approximate surface area is 156 Å². The molecule has 26 heavy (non-hydrogen) atoms. The number of amides is 1. The highest BCUT2D eigenvalue weighted by molar-refractivity contribution is 5.78. The fraction of sp³-hybridized carbons (Fsp3) is 0.619. The fourth-order valence-electron chi connectivity index (χ4n) is 4.36. The lowest BCUT2D eigenvalue weighted by Crippen LogP contribution is -2.39. The number of hydrogen-bond acceptors (Lipinski definition) is 3. The molecule has 1 aromatic heterocycles. The molecule has 0 saturated heterocycles. The highest BCUT2D eigenvalue weighted by atomic mass is 16.1. The monoisotopic (exact) mass is 356 g/mol. The van der Waals surface area contributed by atoms with Crippen molar-refractivity contribution in [2.24, 2.45) is 11.1 Å².